The summed E-state index contributed by atoms with van der Waals surface area (Å²) in [6.07, 6.45) is 4.17. The highest BCUT2D eigenvalue weighted by atomic mass is 16.5. The molecule has 2 saturated heterocycles. The van der Waals surface area contributed by atoms with Gasteiger partial charge in [-0.15, -0.1) is 0 Å². The summed E-state index contributed by atoms with van der Waals surface area (Å²) < 4.78 is 10.8. The van der Waals surface area contributed by atoms with Crippen molar-refractivity contribution in [1.29, 1.82) is 0 Å². The highest BCUT2D eigenvalue weighted by Crippen LogP contribution is 2.23. The second-order valence-corrected chi connectivity index (χ2v) is 6.92. The molecule has 138 valence electrons. The van der Waals surface area contributed by atoms with Gasteiger partial charge in [0.25, 0.3) is 0 Å². The van der Waals surface area contributed by atoms with E-state index < -0.39 is 0 Å². The van der Waals surface area contributed by atoms with Crippen LogP contribution in [-0.2, 0) is 4.74 Å². The van der Waals surface area contributed by atoms with Gasteiger partial charge in [0.1, 0.15) is 5.75 Å². The van der Waals surface area contributed by atoms with Crippen LogP contribution in [0.3, 0.4) is 0 Å². The van der Waals surface area contributed by atoms with Gasteiger partial charge in [0.2, 0.25) is 0 Å². The summed E-state index contributed by atoms with van der Waals surface area (Å²) >= 11 is 0. The molecule has 2 unspecified atom stereocenters. The van der Waals surface area contributed by atoms with E-state index in [1.807, 2.05) is 19.1 Å². The SMILES string of the molecule is COc1ccc(N2CCC(NC(=O)NC(C)C3CCCO3)CC2)cc1. The number of benzene rings is 1. The number of amides is 2. The monoisotopic (exact) mass is 347 g/mol. The van der Waals surface area contributed by atoms with Crippen LogP contribution < -0.4 is 20.3 Å². The molecule has 2 aliphatic heterocycles. The lowest BCUT2D eigenvalue weighted by Crippen LogP contribution is -2.51. The van der Waals surface area contributed by atoms with Crippen molar-refractivity contribution in [2.75, 3.05) is 31.7 Å². The molecule has 0 aliphatic carbocycles. The fourth-order valence-electron chi connectivity index (χ4n) is 3.60. The van der Waals surface area contributed by atoms with E-state index in [1.54, 1.807) is 7.11 Å². The minimum absolute atomic E-state index is 0.0573. The van der Waals surface area contributed by atoms with Crippen molar-refractivity contribution in [2.24, 2.45) is 0 Å². The average molecular weight is 347 g/mol. The van der Waals surface area contributed by atoms with E-state index in [0.29, 0.717) is 0 Å². The molecule has 0 bridgehead atoms. The number of ether oxygens (including phenoxy) is 2. The van der Waals surface area contributed by atoms with Crippen LogP contribution in [0.2, 0.25) is 0 Å². The van der Waals surface area contributed by atoms with E-state index in [0.717, 1.165) is 51.1 Å². The van der Waals surface area contributed by atoms with Gasteiger partial charge in [0, 0.05) is 31.4 Å². The molecule has 0 aromatic heterocycles. The van der Waals surface area contributed by atoms with Gasteiger partial charge in [-0.1, -0.05) is 0 Å². The van der Waals surface area contributed by atoms with Crippen LogP contribution >= 0.6 is 0 Å². The maximum absolute atomic E-state index is 12.2. The third kappa shape index (κ3) is 4.78. The molecule has 0 radical (unpaired) electrons. The average Bonchev–Trinajstić information content (AvgIpc) is 3.17. The number of carbonyl (C=O) groups excluding carboxylic acids is 1. The normalized spacial score (nSPS) is 22.5. The number of rotatable bonds is 5. The smallest absolute Gasteiger partial charge is 0.315 e. The Kier molecular flexibility index (Phi) is 6.02. The molecule has 6 nitrogen and oxygen atoms in total. The van der Waals surface area contributed by atoms with Gasteiger partial charge in [-0.3, -0.25) is 0 Å². The fourth-order valence-corrected chi connectivity index (χ4v) is 3.60. The second-order valence-electron chi connectivity index (χ2n) is 6.92. The van der Waals surface area contributed by atoms with E-state index >= 15 is 0 Å². The van der Waals surface area contributed by atoms with Gasteiger partial charge in [-0.25, -0.2) is 4.79 Å². The minimum Gasteiger partial charge on any atom is -0.497 e. The van der Waals surface area contributed by atoms with Crippen LogP contribution in [0.5, 0.6) is 5.75 Å². The summed E-state index contributed by atoms with van der Waals surface area (Å²) in [6.45, 7) is 4.71. The first kappa shape index (κ1) is 17.9. The van der Waals surface area contributed by atoms with E-state index in [2.05, 4.69) is 27.7 Å². The van der Waals surface area contributed by atoms with Crippen molar-refractivity contribution in [3.8, 4) is 5.75 Å². The van der Waals surface area contributed by atoms with E-state index in [1.165, 1.54) is 5.69 Å². The van der Waals surface area contributed by atoms with Crippen LogP contribution in [0.1, 0.15) is 32.6 Å². The van der Waals surface area contributed by atoms with Crippen LogP contribution in [0.25, 0.3) is 0 Å². The topological polar surface area (TPSA) is 62.8 Å². The molecule has 2 fully saturated rings. The first-order valence-electron chi connectivity index (χ1n) is 9.23. The Morgan fingerprint density at radius 3 is 2.56 bits per heavy atom. The number of methoxy groups -OCH3 is 1. The predicted molar refractivity (Wildman–Crippen MR) is 98.3 cm³/mol. The maximum atomic E-state index is 12.2. The molecule has 2 amide bonds. The number of hydrogen-bond donors (Lipinski definition) is 2. The number of nitrogens with one attached hydrogen (secondary N) is 2. The third-order valence-corrected chi connectivity index (χ3v) is 5.15. The molecular weight excluding hydrogens is 318 g/mol. The van der Waals surface area contributed by atoms with E-state index in [9.17, 15) is 4.79 Å². The van der Waals surface area contributed by atoms with Crippen molar-refractivity contribution in [3.63, 3.8) is 0 Å². The molecular formula is C19H29N3O3. The first-order valence-corrected chi connectivity index (χ1v) is 9.23. The summed E-state index contributed by atoms with van der Waals surface area (Å²) in [4.78, 5) is 14.5. The Labute approximate surface area is 149 Å². The zero-order valence-electron chi connectivity index (χ0n) is 15.2. The molecule has 25 heavy (non-hydrogen) atoms. The zero-order valence-corrected chi connectivity index (χ0v) is 15.2. The van der Waals surface area contributed by atoms with Crippen LogP contribution in [-0.4, -0.2) is 51.0 Å². The third-order valence-electron chi connectivity index (χ3n) is 5.15. The number of urea groups is 1. The summed E-state index contributed by atoms with van der Waals surface area (Å²) in [6, 6.07) is 8.35. The fraction of sp³-hybridized carbons (Fsp3) is 0.632. The largest absolute Gasteiger partial charge is 0.497 e. The lowest BCUT2D eigenvalue weighted by atomic mass is 10.0. The standard InChI is InChI=1S/C19H29N3O3/c1-14(18-4-3-13-25-18)20-19(23)21-15-9-11-22(12-10-15)16-5-7-17(24-2)8-6-16/h5-8,14-15,18H,3-4,9-13H2,1-2H3,(H2,20,21,23). The number of piperidine rings is 1. The highest BCUT2D eigenvalue weighted by molar-refractivity contribution is 5.74. The molecule has 2 N–H and O–H groups in total. The highest BCUT2D eigenvalue weighted by Gasteiger charge is 2.25. The van der Waals surface area contributed by atoms with Gasteiger partial charge < -0.3 is 25.0 Å². The molecule has 2 atom stereocenters. The molecule has 2 aliphatic rings. The van der Waals surface area contributed by atoms with Crippen LogP contribution in [0, 0.1) is 0 Å². The quantitative estimate of drug-likeness (QED) is 0.859. The predicted octanol–water partition coefficient (Wildman–Crippen LogP) is 2.53. The molecule has 0 saturated carbocycles. The van der Waals surface area contributed by atoms with Gasteiger partial charge in [0.05, 0.1) is 19.3 Å². The van der Waals surface area contributed by atoms with Crippen molar-refractivity contribution in [3.05, 3.63) is 24.3 Å². The van der Waals surface area contributed by atoms with Crippen molar-refractivity contribution in [1.82, 2.24) is 10.6 Å². The van der Waals surface area contributed by atoms with Crippen LogP contribution in [0.4, 0.5) is 10.5 Å². The van der Waals surface area contributed by atoms with Gasteiger partial charge >= 0.3 is 6.03 Å². The Morgan fingerprint density at radius 1 is 1.24 bits per heavy atom. The minimum atomic E-state index is -0.0779. The van der Waals surface area contributed by atoms with Gasteiger partial charge in [-0.2, -0.15) is 0 Å². The Bertz CT molecular complexity index is 550. The Hall–Kier alpha value is -1.95. The number of carbonyl (C=O) groups is 1. The summed E-state index contributed by atoms with van der Waals surface area (Å²) in [5.74, 6) is 0.873. The molecule has 3 rings (SSSR count). The number of hydrogen-bond acceptors (Lipinski definition) is 4. The van der Waals surface area contributed by atoms with Crippen molar-refractivity contribution in [2.45, 2.75) is 50.8 Å². The summed E-state index contributed by atoms with van der Waals surface area (Å²) in [5, 5.41) is 6.13. The molecule has 1 aromatic carbocycles. The van der Waals surface area contributed by atoms with Crippen molar-refractivity contribution < 1.29 is 14.3 Å². The van der Waals surface area contributed by atoms with Gasteiger partial charge in [0.15, 0.2) is 0 Å². The summed E-state index contributed by atoms with van der Waals surface area (Å²) in [5.41, 5.74) is 1.20. The summed E-state index contributed by atoms with van der Waals surface area (Å²) in [7, 11) is 1.68. The van der Waals surface area contributed by atoms with E-state index in [-0.39, 0.29) is 24.2 Å². The molecule has 1 aromatic rings. The lowest BCUT2D eigenvalue weighted by Gasteiger charge is -2.34. The van der Waals surface area contributed by atoms with Crippen LogP contribution in [0.15, 0.2) is 24.3 Å². The van der Waals surface area contributed by atoms with Crippen molar-refractivity contribution >= 4 is 11.7 Å². The molecule has 6 heteroatoms. The number of anilines is 1. The number of nitrogens with zero attached hydrogens (tertiary/aromatic N) is 1. The van der Waals surface area contributed by atoms with E-state index in [4.69, 9.17) is 9.47 Å². The molecule has 2 heterocycles. The lowest BCUT2D eigenvalue weighted by molar-refractivity contribution is 0.0858. The first-order chi connectivity index (χ1) is 12.2. The second kappa shape index (κ2) is 8.43. The Balaban J connectivity index is 1.41. The van der Waals surface area contributed by atoms with Gasteiger partial charge in [-0.05, 0) is 56.9 Å². The Morgan fingerprint density at radius 2 is 1.96 bits per heavy atom. The molecule has 0 spiro atoms. The zero-order chi connectivity index (χ0) is 17.6. The maximum Gasteiger partial charge on any atom is 0.315 e.